The number of rotatable bonds is 8. The van der Waals surface area contributed by atoms with Crippen LogP contribution < -0.4 is 16.4 Å². The van der Waals surface area contributed by atoms with Crippen molar-refractivity contribution in [1.82, 2.24) is 15.1 Å². The van der Waals surface area contributed by atoms with E-state index in [1.54, 1.807) is 23.9 Å². The van der Waals surface area contributed by atoms with Crippen molar-refractivity contribution in [2.75, 3.05) is 18.9 Å². The number of hydrogen-bond donors (Lipinski definition) is 3. The highest BCUT2D eigenvalue weighted by atomic mass is 19.4. The Hall–Kier alpha value is -4.44. The number of nitrogens with zero attached hydrogens (tertiary/aromatic N) is 2. The number of halogens is 3. The monoisotopic (exact) mass is 521 g/mol. The number of nitrogens with two attached hydrogens (primary N) is 1. The van der Waals surface area contributed by atoms with Gasteiger partial charge in [0.2, 0.25) is 11.8 Å². The molecule has 1 aromatic heterocycles. The first-order chi connectivity index (χ1) is 18.2. The fraction of sp³-hybridized carbons (Fsp3) is 0.179. The molecule has 10 heteroatoms. The van der Waals surface area contributed by atoms with Crippen LogP contribution in [-0.2, 0) is 22.2 Å². The molecule has 2 amide bonds. The number of aryl methyl sites for hydroxylation is 1. The van der Waals surface area contributed by atoms with Crippen molar-refractivity contribution in [2.45, 2.75) is 19.0 Å². The van der Waals surface area contributed by atoms with Crippen LogP contribution in [0.4, 0.5) is 18.9 Å². The topological polar surface area (TPSA) is 102 Å². The predicted molar refractivity (Wildman–Crippen MR) is 140 cm³/mol. The summed E-state index contributed by atoms with van der Waals surface area (Å²) in [4.78, 5) is 23.3. The van der Waals surface area contributed by atoms with Crippen LogP contribution in [0.25, 0.3) is 28.1 Å². The first kappa shape index (κ1) is 26.6. The molecule has 0 fully saturated rings. The molecule has 4 N–H and O–H groups in total. The van der Waals surface area contributed by atoms with E-state index in [1.807, 2.05) is 42.5 Å². The lowest BCUT2D eigenvalue weighted by Crippen LogP contribution is -2.21. The van der Waals surface area contributed by atoms with Crippen LogP contribution in [0, 0.1) is 0 Å². The van der Waals surface area contributed by atoms with Crippen molar-refractivity contribution in [3.8, 4) is 28.1 Å². The molecule has 4 rings (SSSR count). The minimum absolute atomic E-state index is 0.0954. The summed E-state index contributed by atoms with van der Waals surface area (Å²) in [5, 5.41) is 10.0. The summed E-state index contributed by atoms with van der Waals surface area (Å²) in [6.07, 6.45) is -3.66. The lowest BCUT2D eigenvalue weighted by atomic mass is 10.0. The molecule has 0 bridgehead atoms. The van der Waals surface area contributed by atoms with E-state index in [1.165, 1.54) is 12.1 Å². The molecule has 4 aromatic rings. The predicted octanol–water partition coefficient (Wildman–Crippen LogP) is 4.80. The fourth-order valence-electron chi connectivity index (χ4n) is 3.90. The summed E-state index contributed by atoms with van der Waals surface area (Å²) >= 11 is 0. The van der Waals surface area contributed by atoms with Crippen molar-refractivity contribution in [2.24, 2.45) is 5.73 Å². The number of alkyl halides is 3. The van der Waals surface area contributed by atoms with Crippen molar-refractivity contribution in [1.29, 1.82) is 0 Å². The molecule has 38 heavy (non-hydrogen) atoms. The van der Waals surface area contributed by atoms with Gasteiger partial charge >= 0.3 is 6.18 Å². The lowest BCUT2D eigenvalue weighted by molar-refractivity contribution is -0.137. The average Bonchev–Trinajstić information content (AvgIpc) is 3.36. The molecule has 0 radical (unpaired) electrons. The molecule has 196 valence electrons. The van der Waals surface area contributed by atoms with E-state index in [0.29, 0.717) is 17.7 Å². The van der Waals surface area contributed by atoms with Crippen molar-refractivity contribution < 1.29 is 22.8 Å². The van der Waals surface area contributed by atoms with Crippen LogP contribution in [0.1, 0.15) is 17.7 Å². The zero-order valence-electron chi connectivity index (χ0n) is 20.5. The van der Waals surface area contributed by atoms with E-state index in [4.69, 9.17) is 10.8 Å². The lowest BCUT2D eigenvalue weighted by Gasteiger charge is -2.11. The van der Waals surface area contributed by atoms with Gasteiger partial charge in [-0.15, -0.1) is 0 Å². The maximum Gasteiger partial charge on any atom is 0.416 e. The molecule has 0 aliphatic carbocycles. The van der Waals surface area contributed by atoms with Crippen LogP contribution in [0.5, 0.6) is 0 Å². The number of carbonyl (C=O) groups excluding carboxylic acids is 2. The number of aromatic nitrogens is 2. The van der Waals surface area contributed by atoms with Gasteiger partial charge in [-0.3, -0.25) is 9.59 Å². The largest absolute Gasteiger partial charge is 0.416 e. The highest BCUT2D eigenvalue weighted by molar-refractivity contribution is 5.92. The van der Waals surface area contributed by atoms with Gasteiger partial charge in [-0.2, -0.15) is 18.3 Å². The molecule has 0 aliphatic rings. The SMILES string of the molecule is CNC(=O)CCc1cc(-c2ccc(-c3ccc(C(F)(F)F)cc3)cc2)n(-c2ccc(NC(=O)CN)cc2)n1. The first-order valence-corrected chi connectivity index (χ1v) is 11.9. The second-order valence-electron chi connectivity index (χ2n) is 8.56. The Morgan fingerprint density at radius 3 is 2.00 bits per heavy atom. The molecule has 0 atom stereocenters. The van der Waals surface area contributed by atoms with Gasteiger partial charge in [0, 0.05) is 31.1 Å². The molecule has 3 aromatic carbocycles. The number of amides is 2. The second kappa shape index (κ2) is 11.3. The van der Waals surface area contributed by atoms with Crippen LogP contribution in [0.3, 0.4) is 0 Å². The summed E-state index contributed by atoms with van der Waals surface area (Å²) in [6.45, 7) is -0.123. The Balaban J connectivity index is 1.65. The maximum atomic E-state index is 12.9. The van der Waals surface area contributed by atoms with Gasteiger partial charge in [0.1, 0.15) is 0 Å². The molecule has 7 nitrogen and oxygen atoms in total. The Kier molecular flexibility index (Phi) is 7.92. The Morgan fingerprint density at radius 1 is 0.868 bits per heavy atom. The second-order valence-corrected chi connectivity index (χ2v) is 8.56. The van der Waals surface area contributed by atoms with E-state index < -0.39 is 11.7 Å². The number of benzene rings is 3. The maximum absolute atomic E-state index is 12.9. The standard InChI is InChI=1S/C28H26F3N5O2/c1-33-26(37)15-12-23-16-25(36(35-23)24-13-10-22(11-14-24)34-27(38)17-32)20-4-2-18(3-5-20)19-6-8-21(9-7-19)28(29,30)31/h2-11,13-14,16H,12,15,17,32H2,1H3,(H,33,37)(H,34,38). The van der Waals surface area contributed by atoms with Crippen LogP contribution in [-0.4, -0.2) is 35.2 Å². The Bertz CT molecular complexity index is 1410. The minimum Gasteiger partial charge on any atom is -0.359 e. The van der Waals surface area contributed by atoms with Crippen molar-refractivity contribution >= 4 is 17.5 Å². The van der Waals surface area contributed by atoms with Gasteiger partial charge in [0.05, 0.1) is 29.2 Å². The summed E-state index contributed by atoms with van der Waals surface area (Å²) in [6, 6.07) is 21.5. The average molecular weight is 522 g/mol. The Morgan fingerprint density at radius 2 is 1.45 bits per heavy atom. The van der Waals surface area contributed by atoms with Gasteiger partial charge in [0.25, 0.3) is 0 Å². The van der Waals surface area contributed by atoms with Gasteiger partial charge in [-0.25, -0.2) is 4.68 Å². The summed E-state index contributed by atoms with van der Waals surface area (Å²) in [5.74, 6) is -0.399. The number of hydrogen-bond acceptors (Lipinski definition) is 4. The summed E-state index contributed by atoms with van der Waals surface area (Å²) < 4.78 is 40.5. The third kappa shape index (κ3) is 6.27. The van der Waals surface area contributed by atoms with E-state index in [0.717, 1.165) is 40.3 Å². The quantitative estimate of drug-likeness (QED) is 0.310. The fourth-order valence-corrected chi connectivity index (χ4v) is 3.90. The van der Waals surface area contributed by atoms with Crippen molar-refractivity contribution in [3.05, 3.63) is 90.1 Å². The third-order valence-electron chi connectivity index (χ3n) is 5.95. The molecule has 0 saturated heterocycles. The number of carbonyl (C=O) groups is 2. The molecule has 0 aliphatic heterocycles. The highest BCUT2D eigenvalue weighted by Crippen LogP contribution is 2.32. The Labute approximate surface area is 217 Å². The normalized spacial score (nSPS) is 11.3. The molecule has 0 unspecified atom stereocenters. The highest BCUT2D eigenvalue weighted by Gasteiger charge is 2.30. The number of anilines is 1. The summed E-state index contributed by atoms with van der Waals surface area (Å²) in [7, 11) is 1.58. The van der Waals surface area contributed by atoms with E-state index in [9.17, 15) is 22.8 Å². The molecule has 1 heterocycles. The van der Waals surface area contributed by atoms with Gasteiger partial charge < -0.3 is 16.4 Å². The third-order valence-corrected chi connectivity index (χ3v) is 5.95. The molecular weight excluding hydrogens is 495 g/mol. The first-order valence-electron chi connectivity index (χ1n) is 11.9. The van der Waals surface area contributed by atoms with Crippen molar-refractivity contribution in [3.63, 3.8) is 0 Å². The molecule has 0 spiro atoms. The zero-order chi connectivity index (χ0) is 27.3. The minimum atomic E-state index is -4.38. The summed E-state index contributed by atoms with van der Waals surface area (Å²) in [5.41, 5.74) is 9.76. The molecule has 0 saturated carbocycles. The van der Waals surface area contributed by atoms with E-state index in [2.05, 4.69) is 10.6 Å². The van der Waals surface area contributed by atoms with Gasteiger partial charge in [0.15, 0.2) is 0 Å². The zero-order valence-corrected chi connectivity index (χ0v) is 20.5. The van der Waals surface area contributed by atoms with Crippen LogP contribution in [0.2, 0.25) is 0 Å². The van der Waals surface area contributed by atoms with Crippen LogP contribution >= 0.6 is 0 Å². The molecular formula is C28H26F3N5O2. The number of nitrogens with one attached hydrogen (secondary N) is 2. The smallest absolute Gasteiger partial charge is 0.359 e. The van der Waals surface area contributed by atoms with E-state index in [-0.39, 0.29) is 24.8 Å². The van der Waals surface area contributed by atoms with Gasteiger partial charge in [-0.05, 0) is 53.6 Å². The van der Waals surface area contributed by atoms with E-state index >= 15 is 0 Å². The van der Waals surface area contributed by atoms with Crippen LogP contribution in [0.15, 0.2) is 78.9 Å². The van der Waals surface area contributed by atoms with Gasteiger partial charge in [-0.1, -0.05) is 36.4 Å².